The highest BCUT2D eigenvalue weighted by atomic mass is 32.2. The number of nitrogens with zero attached hydrogens (tertiary/aromatic N) is 1. The summed E-state index contributed by atoms with van der Waals surface area (Å²) in [5.41, 5.74) is 8.63. The van der Waals surface area contributed by atoms with Crippen molar-refractivity contribution in [1.29, 1.82) is 0 Å². The van der Waals surface area contributed by atoms with Gasteiger partial charge in [0.15, 0.2) is 0 Å². The van der Waals surface area contributed by atoms with Crippen LogP contribution in [0.3, 0.4) is 0 Å². The molecule has 2 rings (SSSR count). The summed E-state index contributed by atoms with van der Waals surface area (Å²) in [6, 6.07) is 8.63. The molecule has 17 heavy (non-hydrogen) atoms. The second-order valence-electron chi connectivity index (χ2n) is 5.38. The van der Waals surface area contributed by atoms with Gasteiger partial charge in [-0.1, -0.05) is 18.2 Å². The van der Waals surface area contributed by atoms with Crippen LogP contribution in [0.5, 0.6) is 0 Å². The van der Waals surface area contributed by atoms with Crippen LogP contribution in [-0.2, 0) is 0 Å². The number of hydrogen-bond donors (Lipinski definition) is 1. The summed E-state index contributed by atoms with van der Waals surface area (Å²) in [5, 5.41) is 0. The Balaban J connectivity index is 2.27. The molecule has 1 atom stereocenters. The Bertz CT molecular complexity index is 388. The second-order valence-corrected chi connectivity index (χ2v) is 7.18. The van der Waals surface area contributed by atoms with Gasteiger partial charge in [-0.25, -0.2) is 0 Å². The van der Waals surface area contributed by atoms with Gasteiger partial charge in [-0.15, -0.1) is 0 Å². The van der Waals surface area contributed by atoms with E-state index in [-0.39, 0.29) is 6.04 Å². The molecule has 1 aliphatic heterocycles. The maximum Gasteiger partial charge on any atom is 0.0415 e. The van der Waals surface area contributed by atoms with Crippen molar-refractivity contribution in [2.45, 2.75) is 31.6 Å². The molecule has 0 radical (unpaired) electrons. The monoisotopic (exact) mass is 250 g/mol. The van der Waals surface area contributed by atoms with Crippen molar-refractivity contribution in [3.63, 3.8) is 0 Å². The molecule has 0 spiro atoms. The van der Waals surface area contributed by atoms with E-state index in [1.165, 1.54) is 17.0 Å². The fraction of sp³-hybridized carbons (Fsp3) is 0.571. The maximum atomic E-state index is 6.06. The van der Waals surface area contributed by atoms with Gasteiger partial charge in [0.25, 0.3) is 0 Å². The van der Waals surface area contributed by atoms with E-state index in [1.807, 2.05) is 0 Å². The molecule has 1 aliphatic rings. The Morgan fingerprint density at radius 2 is 2.06 bits per heavy atom. The van der Waals surface area contributed by atoms with Crippen LogP contribution in [-0.4, -0.2) is 23.6 Å². The van der Waals surface area contributed by atoms with Gasteiger partial charge in [0.2, 0.25) is 0 Å². The molecule has 1 aromatic carbocycles. The lowest BCUT2D eigenvalue weighted by Gasteiger charge is -2.40. The fourth-order valence-electron chi connectivity index (χ4n) is 2.38. The predicted octanol–water partition coefficient (Wildman–Crippen LogP) is 3.04. The zero-order chi connectivity index (χ0) is 12.5. The molecule has 2 nitrogen and oxygen atoms in total. The fourth-order valence-corrected chi connectivity index (χ4v) is 3.49. The zero-order valence-electron chi connectivity index (χ0n) is 10.9. The largest absolute Gasteiger partial charge is 0.369 e. The van der Waals surface area contributed by atoms with E-state index >= 15 is 0 Å². The Hall–Kier alpha value is -0.670. The molecule has 0 saturated carbocycles. The lowest BCUT2D eigenvalue weighted by Crippen LogP contribution is -2.43. The molecule has 2 N–H and O–H groups in total. The van der Waals surface area contributed by atoms with Gasteiger partial charge in [-0.3, -0.25) is 0 Å². The molecule has 0 bridgehead atoms. The quantitative estimate of drug-likeness (QED) is 0.875. The van der Waals surface area contributed by atoms with Gasteiger partial charge in [0.05, 0.1) is 0 Å². The van der Waals surface area contributed by atoms with Gasteiger partial charge < -0.3 is 10.6 Å². The third-order valence-corrected chi connectivity index (χ3v) is 4.49. The first kappa shape index (κ1) is 12.8. The average molecular weight is 250 g/mol. The highest BCUT2D eigenvalue weighted by molar-refractivity contribution is 8.00. The molecule has 1 unspecified atom stereocenters. The second kappa shape index (κ2) is 4.91. The molecule has 1 fully saturated rings. The summed E-state index contributed by atoms with van der Waals surface area (Å²) in [6.07, 6.45) is 0. The van der Waals surface area contributed by atoms with E-state index < -0.39 is 0 Å². The van der Waals surface area contributed by atoms with Crippen LogP contribution in [0.25, 0.3) is 0 Å². The van der Waals surface area contributed by atoms with Crippen molar-refractivity contribution in [2.75, 3.05) is 23.7 Å². The van der Waals surface area contributed by atoms with E-state index in [9.17, 15) is 0 Å². The van der Waals surface area contributed by atoms with E-state index in [0.29, 0.717) is 4.75 Å². The van der Waals surface area contributed by atoms with E-state index in [2.05, 4.69) is 61.7 Å². The molecular weight excluding hydrogens is 228 g/mol. The zero-order valence-corrected chi connectivity index (χ0v) is 11.8. The normalized spacial score (nSPS) is 21.3. The molecular formula is C14H22N2S. The SMILES string of the molecule is CC(N)c1ccccc1N1CCSC(C)(C)C1. The molecule has 1 heterocycles. The first-order valence-electron chi connectivity index (χ1n) is 6.23. The van der Waals surface area contributed by atoms with Crippen molar-refractivity contribution in [3.05, 3.63) is 29.8 Å². The minimum absolute atomic E-state index is 0.101. The summed E-state index contributed by atoms with van der Waals surface area (Å²) in [7, 11) is 0. The third kappa shape index (κ3) is 2.96. The van der Waals surface area contributed by atoms with E-state index in [4.69, 9.17) is 5.73 Å². The Morgan fingerprint density at radius 3 is 2.71 bits per heavy atom. The van der Waals surface area contributed by atoms with Crippen LogP contribution >= 0.6 is 11.8 Å². The highest BCUT2D eigenvalue weighted by Gasteiger charge is 2.28. The van der Waals surface area contributed by atoms with E-state index in [0.717, 1.165) is 13.1 Å². The number of rotatable bonds is 2. The summed E-state index contributed by atoms with van der Waals surface area (Å²) < 4.78 is 0.337. The summed E-state index contributed by atoms with van der Waals surface area (Å²) in [6.45, 7) is 8.92. The smallest absolute Gasteiger partial charge is 0.0415 e. The maximum absolute atomic E-state index is 6.06. The van der Waals surface area contributed by atoms with E-state index in [1.54, 1.807) is 0 Å². The summed E-state index contributed by atoms with van der Waals surface area (Å²) >= 11 is 2.06. The Labute approximate surface area is 109 Å². The van der Waals surface area contributed by atoms with Crippen molar-refractivity contribution in [2.24, 2.45) is 5.73 Å². The lowest BCUT2D eigenvalue weighted by atomic mass is 10.0. The van der Waals surface area contributed by atoms with Crippen molar-refractivity contribution in [1.82, 2.24) is 0 Å². The van der Waals surface area contributed by atoms with Gasteiger partial charge in [-0.2, -0.15) is 11.8 Å². The van der Waals surface area contributed by atoms with Crippen molar-refractivity contribution >= 4 is 17.4 Å². The van der Waals surface area contributed by atoms with Gasteiger partial charge in [0, 0.05) is 35.3 Å². The number of nitrogens with two attached hydrogens (primary N) is 1. The molecule has 0 aromatic heterocycles. The van der Waals surface area contributed by atoms with Gasteiger partial charge in [0.1, 0.15) is 0 Å². The van der Waals surface area contributed by atoms with Gasteiger partial charge >= 0.3 is 0 Å². The molecule has 0 amide bonds. The van der Waals surface area contributed by atoms with Crippen molar-refractivity contribution < 1.29 is 0 Å². The molecule has 1 aromatic rings. The molecule has 94 valence electrons. The summed E-state index contributed by atoms with van der Waals surface area (Å²) in [4.78, 5) is 2.48. The number of benzene rings is 1. The van der Waals surface area contributed by atoms with Crippen molar-refractivity contribution in [3.8, 4) is 0 Å². The third-order valence-electron chi connectivity index (χ3n) is 3.19. The molecule has 3 heteroatoms. The number of anilines is 1. The summed E-state index contributed by atoms with van der Waals surface area (Å²) in [5.74, 6) is 1.19. The number of hydrogen-bond acceptors (Lipinski definition) is 3. The number of thioether (sulfide) groups is 1. The minimum atomic E-state index is 0.101. The van der Waals surface area contributed by atoms with Crippen LogP contribution in [0, 0.1) is 0 Å². The molecule has 1 saturated heterocycles. The minimum Gasteiger partial charge on any atom is -0.369 e. The average Bonchev–Trinajstić information content (AvgIpc) is 2.27. The van der Waals surface area contributed by atoms with Gasteiger partial charge in [-0.05, 0) is 32.4 Å². The van der Waals surface area contributed by atoms with Crippen LogP contribution < -0.4 is 10.6 Å². The van der Waals surface area contributed by atoms with Crippen LogP contribution in [0.15, 0.2) is 24.3 Å². The molecule has 0 aliphatic carbocycles. The Morgan fingerprint density at radius 1 is 1.35 bits per heavy atom. The number of para-hydroxylation sites is 1. The predicted molar refractivity (Wildman–Crippen MR) is 77.8 cm³/mol. The highest BCUT2D eigenvalue weighted by Crippen LogP contribution is 2.34. The van der Waals surface area contributed by atoms with Crippen LogP contribution in [0.4, 0.5) is 5.69 Å². The van der Waals surface area contributed by atoms with Crippen LogP contribution in [0.2, 0.25) is 0 Å². The standard InChI is InChI=1S/C14H22N2S/c1-11(15)12-6-4-5-7-13(12)16-8-9-17-14(2,3)10-16/h4-7,11H,8-10,15H2,1-3H3. The first-order valence-corrected chi connectivity index (χ1v) is 7.21. The topological polar surface area (TPSA) is 29.3 Å². The lowest BCUT2D eigenvalue weighted by molar-refractivity contribution is 0.642. The Kier molecular flexibility index (Phi) is 3.69. The van der Waals surface area contributed by atoms with Crippen LogP contribution in [0.1, 0.15) is 32.4 Å². The first-order chi connectivity index (χ1) is 7.99.